The number of hydrogen-bond donors (Lipinski definition) is 2. The van der Waals surface area contributed by atoms with Gasteiger partial charge in [-0.05, 0) is 42.8 Å². The Hall–Kier alpha value is -1.19. The van der Waals surface area contributed by atoms with Gasteiger partial charge in [0.25, 0.3) is 0 Å². The minimum Gasteiger partial charge on any atom is -0.397 e. The topological polar surface area (TPSA) is 38.0 Å². The van der Waals surface area contributed by atoms with Crippen molar-refractivity contribution in [2.75, 3.05) is 11.1 Å². The second kappa shape index (κ2) is 5.63. The van der Waals surface area contributed by atoms with E-state index in [2.05, 4.69) is 40.3 Å². The summed E-state index contributed by atoms with van der Waals surface area (Å²) < 4.78 is 1.06. The molecule has 0 bridgehead atoms. The van der Waals surface area contributed by atoms with Crippen LogP contribution in [0.2, 0.25) is 5.02 Å². The molecule has 2 aromatic rings. The number of nitrogen functional groups attached to an aromatic ring is 1. The highest BCUT2D eigenvalue weighted by Gasteiger charge is 2.08. The van der Waals surface area contributed by atoms with Crippen molar-refractivity contribution in [3.8, 4) is 0 Å². The minimum atomic E-state index is 0.156. The number of rotatable bonds is 3. The third-order valence-corrected chi connectivity index (χ3v) is 3.46. The predicted molar refractivity (Wildman–Crippen MR) is 82.0 cm³/mol. The number of anilines is 2. The van der Waals surface area contributed by atoms with Gasteiger partial charge in [0.2, 0.25) is 0 Å². The van der Waals surface area contributed by atoms with Crippen molar-refractivity contribution in [3.63, 3.8) is 0 Å². The largest absolute Gasteiger partial charge is 0.397 e. The van der Waals surface area contributed by atoms with Crippen molar-refractivity contribution < 1.29 is 0 Å². The highest BCUT2D eigenvalue weighted by molar-refractivity contribution is 9.10. The van der Waals surface area contributed by atoms with Crippen LogP contribution < -0.4 is 11.1 Å². The fourth-order valence-corrected chi connectivity index (χ4v) is 2.34. The molecule has 0 radical (unpaired) electrons. The highest BCUT2D eigenvalue weighted by atomic mass is 79.9. The van der Waals surface area contributed by atoms with Gasteiger partial charge in [0.05, 0.1) is 11.4 Å². The summed E-state index contributed by atoms with van der Waals surface area (Å²) in [6.07, 6.45) is 0. The zero-order valence-electron chi connectivity index (χ0n) is 9.95. The van der Waals surface area contributed by atoms with Crippen LogP contribution in [0, 0.1) is 0 Å². The molecule has 2 nitrogen and oxygen atoms in total. The summed E-state index contributed by atoms with van der Waals surface area (Å²) in [7, 11) is 0. The van der Waals surface area contributed by atoms with Crippen LogP contribution in [0.3, 0.4) is 0 Å². The third-order valence-electron chi connectivity index (χ3n) is 2.74. The average molecular weight is 326 g/mol. The van der Waals surface area contributed by atoms with Crippen LogP contribution >= 0.6 is 27.5 Å². The van der Waals surface area contributed by atoms with Crippen LogP contribution in [-0.2, 0) is 0 Å². The van der Waals surface area contributed by atoms with Crippen LogP contribution in [0.5, 0.6) is 0 Å². The molecule has 0 amide bonds. The van der Waals surface area contributed by atoms with Gasteiger partial charge in [-0.2, -0.15) is 0 Å². The molecule has 2 rings (SSSR count). The Kier molecular flexibility index (Phi) is 4.15. The van der Waals surface area contributed by atoms with E-state index >= 15 is 0 Å². The summed E-state index contributed by atoms with van der Waals surface area (Å²) >= 11 is 9.44. The first-order valence-corrected chi connectivity index (χ1v) is 6.80. The van der Waals surface area contributed by atoms with Crippen molar-refractivity contribution in [3.05, 3.63) is 57.5 Å². The Labute approximate surface area is 120 Å². The second-order valence-electron chi connectivity index (χ2n) is 4.15. The quantitative estimate of drug-likeness (QED) is 0.791. The predicted octanol–water partition coefficient (Wildman–Crippen LogP) is 4.86. The van der Waals surface area contributed by atoms with Crippen LogP contribution in [0.25, 0.3) is 0 Å². The molecule has 0 saturated heterocycles. The van der Waals surface area contributed by atoms with Gasteiger partial charge in [0, 0.05) is 15.5 Å². The molecule has 1 unspecified atom stereocenters. The molecule has 0 spiro atoms. The van der Waals surface area contributed by atoms with E-state index in [4.69, 9.17) is 17.3 Å². The number of nitrogens with one attached hydrogen (secondary N) is 1. The van der Waals surface area contributed by atoms with E-state index in [1.165, 1.54) is 5.56 Å². The summed E-state index contributed by atoms with van der Waals surface area (Å²) in [5.41, 5.74) is 8.65. The summed E-state index contributed by atoms with van der Waals surface area (Å²) in [6.45, 7) is 2.09. The Morgan fingerprint density at radius 1 is 1.22 bits per heavy atom. The third kappa shape index (κ3) is 3.18. The van der Waals surface area contributed by atoms with E-state index in [9.17, 15) is 0 Å². The van der Waals surface area contributed by atoms with Crippen molar-refractivity contribution in [2.45, 2.75) is 13.0 Å². The smallest absolute Gasteiger partial charge is 0.0593 e. The van der Waals surface area contributed by atoms with Crippen LogP contribution in [0.4, 0.5) is 11.4 Å². The maximum absolute atomic E-state index is 5.97. The minimum absolute atomic E-state index is 0.156. The van der Waals surface area contributed by atoms with E-state index < -0.39 is 0 Å². The SMILES string of the molecule is CC(Nc1cc(Cl)ccc1N)c1cccc(Br)c1. The summed E-state index contributed by atoms with van der Waals surface area (Å²) in [5.74, 6) is 0. The van der Waals surface area contributed by atoms with Crippen LogP contribution in [0.1, 0.15) is 18.5 Å². The summed E-state index contributed by atoms with van der Waals surface area (Å²) in [5, 5.41) is 4.04. The van der Waals surface area contributed by atoms with Gasteiger partial charge < -0.3 is 11.1 Å². The van der Waals surface area contributed by atoms with E-state index in [0.29, 0.717) is 10.7 Å². The first-order valence-electron chi connectivity index (χ1n) is 5.63. The molecule has 0 aromatic heterocycles. The van der Waals surface area contributed by atoms with Gasteiger partial charge in [0.15, 0.2) is 0 Å². The Bertz CT molecular complexity index is 557. The Balaban J connectivity index is 2.21. The van der Waals surface area contributed by atoms with E-state index in [1.54, 1.807) is 12.1 Å². The van der Waals surface area contributed by atoms with Gasteiger partial charge in [-0.1, -0.05) is 39.7 Å². The average Bonchev–Trinajstić information content (AvgIpc) is 2.34. The standard InChI is InChI=1S/C14H14BrClN2/c1-9(10-3-2-4-11(15)7-10)18-14-8-12(16)5-6-13(14)17/h2-9,18H,17H2,1H3. The molecule has 0 aliphatic carbocycles. The maximum Gasteiger partial charge on any atom is 0.0593 e. The molecule has 18 heavy (non-hydrogen) atoms. The lowest BCUT2D eigenvalue weighted by Crippen LogP contribution is -2.08. The Morgan fingerprint density at radius 2 is 2.00 bits per heavy atom. The normalized spacial score (nSPS) is 12.2. The van der Waals surface area contributed by atoms with Crippen molar-refractivity contribution >= 4 is 38.9 Å². The molecule has 4 heteroatoms. The summed E-state index contributed by atoms with van der Waals surface area (Å²) in [6, 6.07) is 13.8. The van der Waals surface area contributed by atoms with Crippen LogP contribution in [-0.4, -0.2) is 0 Å². The lowest BCUT2D eigenvalue weighted by molar-refractivity contribution is 0.884. The molecule has 0 fully saturated rings. The van der Waals surface area contributed by atoms with E-state index in [1.807, 2.05) is 18.2 Å². The number of nitrogens with two attached hydrogens (primary N) is 1. The van der Waals surface area contributed by atoms with Crippen molar-refractivity contribution in [1.82, 2.24) is 0 Å². The zero-order valence-corrected chi connectivity index (χ0v) is 12.3. The number of benzene rings is 2. The van der Waals surface area contributed by atoms with Gasteiger partial charge in [-0.25, -0.2) is 0 Å². The van der Waals surface area contributed by atoms with E-state index in [0.717, 1.165) is 10.2 Å². The molecular weight excluding hydrogens is 312 g/mol. The van der Waals surface area contributed by atoms with Gasteiger partial charge in [-0.3, -0.25) is 0 Å². The molecule has 2 aromatic carbocycles. The lowest BCUT2D eigenvalue weighted by atomic mass is 10.1. The summed E-state index contributed by atoms with van der Waals surface area (Å²) in [4.78, 5) is 0. The highest BCUT2D eigenvalue weighted by Crippen LogP contribution is 2.28. The molecule has 0 heterocycles. The lowest BCUT2D eigenvalue weighted by Gasteiger charge is -2.17. The first-order chi connectivity index (χ1) is 8.56. The van der Waals surface area contributed by atoms with Gasteiger partial charge in [0.1, 0.15) is 0 Å². The molecular formula is C14H14BrClN2. The van der Waals surface area contributed by atoms with Gasteiger partial charge >= 0.3 is 0 Å². The fourth-order valence-electron chi connectivity index (χ4n) is 1.75. The zero-order chi connectivity index (χ0) is 13.1. The molecule has 3 N–H and O–H groups in total. The molecule has 1 atom stereocenters. The number of halogens is 2. The fraction of sp³-hybridized carbons (Fsp3) is 0.143. The molecule has 0 aliphatic heterocycles. The monoisotopic (exact) mass is 324 g/mol. The van der Waals surface area contributed by atoms with Crippen LogP contribution in [0.15, 0.2) is 46.9 Å². The maximum atomic E-state index is 5.97. The molecule has 0 saturated carbocycles. The first kappa shape index (κ1) is 13.2. The van der Waals surface area contributed by atoms with E-state index in [-0.39, 0.29) is 6.04 Å². The Morgan fingerprint density at radius 3 is 2.72 bits per heavy atom. The number of hydrogen-bond acceptors (Lipinski definition) is 2. The second-order valence-corrected chi connectivity index (χ2v) is 5.50. The molecule has 94 valence electrons. The van der Waals surface area contributed by atoms with Gasteiger partial charge in [-0.15, -0.1) is 0 Å². The molecule has 0 aliphatic rings. The van der Waals surface area contributed by atoms with Crippen molar-refractivity contribution in [1.29, 1.82) is 0 Å². The van der Waals surface area contributed by atoms with Crippen molar-refractivity contribution in [2.24, 2.45) is 0 Å².